The number of Topliss-reactive ketones (excluding diaryl/α,β-unsaturated/α-hetero) is 1. The van der Waals surface area contributed by atoms with Crippen LogP contribution in [0.5, 0.6) is 17.2 Å². The van der Waals surface area contributed by atoms with Crippen LogP contribution < -0.4 is 19.1 Å². The molecule has 9 heteroatoms. The predicted octanol–water partition coefficient (Wildman–Crippen LogP) is 8.15. The molecule has 0 spiro atoms. The van der Waals surface area contributed by atoms with Crippen molar-refractivity contribution in [2.75, 3.05) is 24.7 Å². The molecule has 0 radical (unpaired) electrons. The van der Waals surface area contributed by atoms with Crippen LogP contribution in [0.2, 0.25) is 0 Å². The van der Waals surface area contributed by atoms with E-state index in [9.17, 15) is 14.7 Å². The van der Waals surface area contributed by atoms with Crippen molar-refractivity contribution in [1.82, 2.24) is 4.98 Å². The molecule has 1 atom stereocenters. The number of benzene rings is 3. The molecule has 1 fully saturated rings. The number of ether oxygens (including phenoxy) is 3. The third-order valence-corrected chi connectivity index (χ3v) is 8.61. The Balaban J connectivity index is 1.65. The van der Waals surface area contributed by atoms with Gasteiger partial charge in [-0.3, -0.25) is 14.5 Å². The summed E-state index contributed by atoms with van der Waals surface area (Å²) >= 11 is 1.34. The van der Waals surface area contributed by atoms with E-state index in [0.717, 1.165) is 34.2 Å². The topological polar surface area (TPSA) is 98.2 Å². The van der Waals surface area contributed by atoms with E-state index in [1.807, 2.05) is 45.9 Å². The van der Waals surface area contributed by atoms with E-state index in [4.69, 9.17) is 19.2 Å². The Kier molecular flexibility index (Phi) is 9.77. The second kappa shape index (κ2) is 13.7. The molecule has 1 aliphatic rings. The summed E-state index contributed by atoms with van der Waals surface area (Å²) in [6.45, 7) is 13.7. The van der Waals surface area contributed by atoms with E-state index < -0.39 is 17.7 Å². The molecule has 1 N–H and O–H groups in total. The van der Waals surface area contributed by atoms with Crippen molar-refractivity contribution in [1.29, 1.82) is 0 Å². The fourth-order valence-corrected chi connectivity index (χ4v) is 6.55. The van der Waals surface area contributed by atoms with Crippen LogP contribution in [0.15, 0.2) is 60.2 Å². The van der Waals surface area contributed by atoms with Crippen LogP contribution in [-0.4, -0.2) is 41.6 Å². The monoisotopic (exact) mass is 628 g/mol. The Morgan fingerprint density at radius 1 is 0.956 bits per heavy atom. The summed E-state index contributed by atoms with van der Waals surface area (Å²) in [5.41, 5.74) is 3.79. The van der Waals surface area contributed by atoms with E-state index >= 15 is 0 Å². The number of hydrogen-bond acceptors (Lipinski definition) is 8. The maximum absolute atomic E-state index is 13.8. The lowest BCUT2D eigenvalue weighted by Gasteiger charge is -2.24. The molecule has 236 valence electrons. The number of carbonyl (C=O) groups is 2. The van der Waals surface area contributed by atoms with Crippen molar-refractivity contribution in [3.8, 4) is 17.2 Å². The molecule has 3 aromatic carbocycles. The molecule has 45 heavy (non-hydrogen) atoms. The minimum atomic E-state index is -0.952. The molecule has 1 aliphatic heterocycles. The molecular weight excluding hydrogens is 588 g/mol. The number of aryl methyl sites for hydroxylation is 2. The SMILES string of the molecule is CCCOc1ccc(C(O)=C2C(=O)C(=O)N(c3nc4c(C)cc(C)cc4s3)C2c2ccc(OCCC(C)C)c(OCC)c2)cc1. The highest BCUT2D eigenvalue weighted by molar-refractivity contribution is 7.22. The van der Waals surface area contributed by atoms with Crippen LogP contribution >= 0.6 is 11.3 Å². The minimum absolute atomic E-state index is 0.0229. The molecule has 1 saturated heterocycles. The van der Waals surface area contributed by atoms with Crippen molar-refractivity contribution >= 4 is 44.1 Å². The summed E-state index contributed by atoms with van der Waals surface area (Å²) in [5, 5.41) is 12.0. The van der Waals surface area contributed by atoms with E-state index in [-0.39, 0.29) is 11.3 Å². The summed E-state index contributed by atoms with van der Waals surface area (Å²) in [5.74, 6) is 0.392. The molecule has 0 aliphatic carbocycles. The zero-order chi connectivity index (χ0) is 32.2. The maximum Gasteiger partial charge on any atom is 0.301 e. The Hall–Kier alpha value is -4.37. The zero-order valence-corrected chi connectivity index (χ0v) is 27.5. The van der Waals surface area contributed by atoms with E-state index in [1.165, 1.54) is 16.2 Å². The van der Waals surface area contributed by atoms with Crippen LogP contribution in [0, 0.1) is 19.8 Å². The fourth-order valence-electron chi connectivity index (χ4n) is 5.38. The van der Waals surface area contributed by atoms with E-state index in [0.29, 0.717) is 59.2 Å². The number of carbonyl (C=O) groups excluding carboxylic acids is 2. The second-order valence-corrected chi connectivity index (χ2v) is 12.6. The number of rotatable bonds is 12. The van der Waals surface area contributed by atoms with Gasteiger partial charge in [0.05, 0.1) is 41.7 Å². The number of thiazole rings is 1. The third kappa shape index (κ3) is 6.68. The van der Waals surface area contributed by atoms with Gasteiger partial charge in [-0.25, -0.2) is 4.98 Å². The lowest BCUT2D eigenvalue weighted by atomic mass is 9.95. The van der Waals surface area contributed by atoms with Gasteiger partial charge in [-0.05, 0) is 98.7 Å². The summed E-state index contributed by atoms with van der Waals surface area (Å²) < 4.78 is 18.6. The summed E-state index contributed by atoms with van der Waals surface area (Å²) in [6, 6.07) is 15.4. The number of hydrogen-bond donors (Lipinski definition) is 1. The third-order valence-electron chi connectivity index (χ3n) is 7.61. The van der Waals surface area contributed by atoms with Gasteiger partial charge in [-0.15, -0.1) is 0 Å². The van der Waals surface area contributed by atoms with Crippen molar-refractivity contribution in [3.05, 3.63) is 82.4 Å². The number of nitrogens with zero attached hydrogens (tertiary/aromatic N) is 2. The fraction of sp³-hybridized carbons (Fsp3) is 0.361. The van der Waals surface area contributed by atoms with Gasteiger partial charge in [-0.1, -0.05) is 44.2 Å². The van der Waals surface area contributed by atoms with Gasteiger partial charge in [0.15, 0.2) is 16.6 Å². The molecule has 5 rings (SSSR count). The Morgan fingerprint density at radius 3 is 2.40 bits per heavy atom. The first-order valence-corrected chi connectivity index (χ1v) is 16.3. The van der Waals surface area contributed by atoms with E-state index in [1.54, 1.807) is 36.4 Å². The zero-order valence-electron chi connectivity index (χ0n) is 26.7. The smallest absolute Gasteiger partial charge is 0.301 e. The highest BCUT2D eigenvalue weighted by atomic mass is 32.1. The molecule has 1 aromatic heterocycles. The molecule has 1 amide bonds. The molecule has 4 aromatic rings. The maximum atomic E-state index is 13.8. The summed E-state index contributed by atoms with van der Waals surface area (Å²) in [4.78, 5) is 33.9. The van der Waals surface area contributed by atoms with Crippen molar-refractivity contribution < 1.29 is 28.9 Å². The first kappa shape index (κ1) is 32.0. The van der Waals surface area contributed by atoms with Gasteiger partial charge >= 0.3 is 5.91 Å². The molecule has 0 bridgehead atoms. The lowest BCUT2D eigenvalue weighted by Crippen LogP contribution is -2.29. The standard InChI is InChI=1S/C36H40N2O6S/c1-7-16-43-26-12-9-24(10-13-26)33(39)30-32(25-11-14-27(28(20-25)42-8-2)44-17-15-21(3)4)38(35(41)34(30)40)36-37-31-23(6)18-22(5)19-29(31)45-36/h9-14,18-21,32,39H,7-8,15-17H2,1-6H3. The molecular formula is C36H40N2O6S. The number of fused-ring (bicyclic) bond motifs is 1. The van der Waals surface area contributed by atoms with Gasteiger partial charge in [0, 0.05) is 5.56 Å². The average Bonchev–Trinajstić information content (AvgIpc) is 3.55. The largest absolute Gasteiger partial charge is 0.507 e. The van der Waals surface area contributed by atoms with Gasteiger partial charge in [0.2, 0.25) is 0 Å². The van der Waals surface area contributed by atoms with Gasteiger partial charge in [0.25, 0.3) is 5.78 Å². The van der Waals surface area contributed by atoms with Gasteiger partial charge in [-0.2, -0.15) is 0 Å². The number of aliphatic hydroxyl groups is 1. The van der Waals surface area contributed by atoms with Crippen LogP contribution in [-0.2, 0) is 9.59 Å². The van der Waals surface area contributed by atoms with Crippen molar-refractivity contribution in [3.63, 3.8) is 0 Å². The van der Waals surface area contributed by atoms with Crippen LogP contribution in [0.4, 0.5) is 5.13 Å². The van der Waals surface area contributed by atoms with Crippen LogP contribution in [0.25, 0.3) is 16.0 Å². The second-order valence-electron chi connectivity index (χ2n) is 11.6. The number of ketones is 1. The predicted molar refractivity (Wildman–Crippen MR) is 179 cm³/mol. The van der Waals surface area contributed by atoms with Crippen LogP contribution in [0.1, 0.15) is 68.8 Å². The lowest BCUT2D eigenvalue weighted by molar-refractivity contribution is -0.132. The van der Waals surface area contributed by atoms with Crippen LogP contribution in [0.3, 0.4) is 0 Å². The van der Waals surface area contributed by atoms with Crippen molar-refractivity contribution in [2.24, 2.45) is 5.92 Å². The number of anilines is 1. The van der Waals surface area contributed by atoms with Gasteiger partial charge < -0.3 is 19.3 Å². The highest BCUT2D eigenvalue weighted by Crippen LogP contribution is 2.46. The molecule has 0 saturated carbocycles. The Morgan fingerprint density at radius 2 is 1.71 bits per heavy atom. The van der Waals surface area contributed by atoms with Crippen molar-refractivity contribution in [2.45, 2.75) is 60.4 Å². The summed E-state index contributed by atoms with van der Waals surface area (Å²) in [6.07, 6.45) is 1.74. The molecule has 8 nitrogen and oxygen atoms in total. The highest BCUT2D eigenvalue weighted by Gasteiger charge is 2.48. The quantitative estimate of drug-likeness (QED) is 0.0960. The number of amides is 1. The Bertz CT molecular complexity index is 1740. The summed E-state index contributed by atoms with van der Waals surface area (Å²) in [7, 11) is 0. The van der Waals surface area contributed by atoms with E-state index in [2.05, 4.69) is 13.8 Å². The number of aliphatic hydroxyl groups excluding tert-OH is 1. The minimum Gasteiger partial charge on any atom is -0.507 e. The molecule has 1 unspecified atom stereocenters. The first-order chi connectivity index (χ1) is 21.6. The molecule has 2 heterocycles. The average molecular weight is 629 g/mol. The normalized spacial score (nSPS) is 16.2. The Labute approximate surface area is 268 Å². The first-order valence-electron chi connectivity index (χ1n) is 15.4. The van der Waals surface area contributed by atoms with Gasteiger partial charge in [0.1, 0.15) is 11.5 Å². The number of aromatic nitrogens is 1.